The number of methoxy groups -OCH3 is 1. The molecule has 0 radical (unpaired) electrons. The van der Waals surface area contributed by atoms with E-state index in [4.69, 9.17) is 9.84 Å². The first-order valence-electron chi connectivity index (χ1n) is 7.15. The minimum atomic E-state index is -0.231. The fourth-order valence-electron chi connectivity index (χ4n) is 2.72. The van der Waals surface area contributed by atoms with Crippen LogP contribution in [0.15, 0.2) is 18.2 Å². The van der Waals surface area contributed by atoms with Crippen LogP contribution in [0.5, 0.6) is 5.75 Å². The first kappa shape index (κ1) is 18.2. The molecule has 0 bridgehead atoms. The molecule has 0 unspecified atom stereocenters. The summed E-state index contributed by atoms with van der Waals surface area (Å²) in [7, 11) is 1.54. The van der Waals surface area contributed by atoms with Gasteiger partial charge >= 0.3 is 0 Å². The standard InChI is InChI=1S/C15H23FN2O2.ClH/c1-20-12-4-5-13(14(16)11-12)15(3-2-10-19)18-8-6-17-7-9-18;/h4-5,11,15,17,19H,2-3,6-10H2,1H3;1H/t15-;/m0./s1. The van der Waals surface area contributed by atoms with E-state index in [0.29, 0.717) is 17.7 Å². The predicted octanol–water partition coefficient (Wildman–Crippen LogP) is 1.97. The smallest absolute Gasteiger partial charge is 0.131 e. The lowest BCUT2D eigenvalue weighted by molar-refractivity contribution is 0.151. The van der Waals surface area contributed by atoms with Crippen LogP contribution >= 0.6 is 12.4 Å². The zero-order valence-electron chi connectivity index (χ0n) is 12.3. The van der Waals surface area contributed by atoms with Crippen molar-refractivity contribution < 1.29 is 14.2 Å². The summed E-state index contributed by atoms with van der Waals surface area (Å²) in [6.07, 6.45) is 1.44. The fourth-order valence-corrected chi connectivity index (χ4v) is 2.72. The maximum absolute atomic E-state index is 14.3. The highest BCUT2D eigenvalue weighted by molar-refractivity contribution is 5.85. The topological polar surface area (TPSA) is 44.7 Å². The van der Waals surface area contributed by atoms with Crippen molar-refractivity contribution in [3.05, 3.63) is 29.6 Å². The molecule has 1 aromatic carbocycles. The summed E-state index contributed by atoms with van der Waals surface area (Å²) in [6.45, 7) is 3.80. The number of hydrogen-bond acceptors (Lipinski definition) is 4. The van der Waals surface area contributed by atoms with Gasteiger partial charge in [-0.05, 0) is 18.9 Å². The van der Waals surface area contributed by atoms with Gasteiger partial charge in [-0.25, -0.2) is 4.39 Å². The first-order chi connectivity index (χ1) is 9.76. The van der Waals surface area contributed by atoms with Gasteiger partial charge in [0.15, 0.2) is 0 Å². The summed E-state index contributed by atoms with van der Waals surface area (Å²) in [6, 6.07) is 5.06. The van der Waals surface area contributed by atoms with E-state index < -0.39 is 0 Å². The van der Waals surface area contributed by atoms with Crippen LogP contribution in [-0.4, -0.2) is 49.9 Å². The zero-order chi connectivity index (χ0) is 14.4. The SMILES string of the molecule is COc1ccc([C@H](CCCO)N2CCNCC2)c(F)c1.Cl. The molecule has 0 spiro atoms. The van der Waals surface area contributed by atoms with Crippen LogP contribution in [0.2, 0.25) is 0 Å². The van der Waals surface area contributed by atoms with E-state index in [0.717, 1.165) is 32.6 Å². The van der Waals surface area contributed by atoms with Gasteiger partial charge in [0, 0.05) is 50.5 Å². The summed E-state index contributed by atoms with van der Waals surface area (Å²) in [5, 5.41) is 12.4. The molecule has 1 heterocycles. The number of aliphatic hydroxyl groups excluding tert-OH is 1. The van der Waals surface area contributed by atoms with Crippen molar-refractivity contribution in [2.45, 2.75) is 18.9 Å². The van der Waals surface area contributed by atoms with E-state index in [2.05, 4.69) is 10.2 Å². The molecular formula is C15H24ClFN2O2. The molecule has 0 saturated carbocycles. The van der Waals surface area contributed by atoms with Crippen LogP contribution in [0.1, 0.15) is 24.4 Å². The second kappa shape index (κ2) is 9.20. The largest absolute Gasteiger partial charge is 0.497 e. The van der Waals surface area contributed by atoms with Gasteiger partial charge < -0.3 is 15.2 Å². The van der Waals surface area contributed by atoms with Crippen LogP contribution in [0, 0.1) is 5.82 Å². The maximum atomic E-state index is 14.3. The Morgan fingerprint density at radius 2 is 2.10 bits per heavy atom. The molecule has 6 heteroatoms. The lowest BCUT2D eigenvalue weighted by atomic mass is 9.99. The van der Waals surface area contributed by atoms with Crippen LogP contribution in [0.4, 0.5) is 4.39 Å². The Kier molecular flexibility index (Phi) is 7.96. The van der Waals surface area contributed by atoms with Gasteiger partial charge in [-0.15, -0.1) is 12.4 Å². The van der Waals surface area contributed by atoms with Crippen LogP contribution in [0.25, 0.3) is 0 Å². The molecule has 1 aliphatic heterocycles. The van der Waals surface area contributed by atoms with Gasteiger partial charge in [0.2, 0.25) is 0 Å². The number of benzene rings is 1. The minimum Gasteiger partial charge on any atom is -0.497 e. The Hall–Kier alpha value is -0.880. The van der Waals surface area contributed by atoms with Crippen LogP contribution < -0.4 is 10.1 Å². The van der Waals surface area contributed by atoms with E-state index in [1.54, 1.807) is 12.1 Å². The number of piperazine rings is 1. The normalized spacial score (nSPS) is 17.1. The number of hydrogen-bond donors (Lipinski definition) is 2. The predicted molar refractivity (Wildman–Crippen MR) is 83.7 cm³/mol. The van der Waals surface area contributed by atoms with Crippen molar-refractivity contribution in [2.75, 3.05) is 39.9 Å². The van der Waals surface area contributed by atoms with Crippen molar-refractivity contribution in [3.8, 4) is 5.75 Å². The zero-order valence-corrected chi connectivity index (χ0v) is 13.2. The van der Waals surface area contributed by atoms with E-state index in [1.165, 1.54) is 13.2 Å². The van der Waals surface area contributed by atoms with Crippen molar-refractivity contribution in [1.29, 1.82) is 0 Å². The molecule has 0 amide bonds. The van der Waals surface area contributed by atoms with Crippen molar-refractivity contribution >= 4 is 12.4 Å². The second-order valence-corrected chi connectivity index (χ2v) is 5.06. The third kappa shape index (κ3) is 4.81. The number of aliphatic hydroxyl groups is 1. The molecule has 1 saturated heterocycles. The van der Waals surface area contributed by atoms with Crippen molar-refractivity contribution in [2.24, 2.45) is 0 Å². The Bertz CT molecular complexity index is 428. The number of nitrogens with one attached hydrogen (secondary N) is 1. The summed E-state index contributed by atoms with van der Waals surface area (Å²) in [4.78, 5) is 2.29. The van der Waals surface area contributed by atoms with Gasteiger partial charge in [-0.1, -0.05) is 6.07 Å². The summed E-state index contributed by atoms with van der Waals surface area (Å²) < 4.78 is 19.3. The van der Waals surface area contributed by atoms with Gasteiger partial charge in [0.25, 0.3) is 0 Å². The average molecular weight is 319 g/mol. The van der Waals surface area contributed by atoms with Crippen LogP contribution in [0.3, 0.4) is 0 Å². The highest BCUT2D eigenvalue weighted by Gasteiger charge is 2.24. The van der Waals surface area contributed by atoms with E-state index in [-0.39, 0.29) is 30.9 Å². The molecule has 1 aromatic rings. The lowest BCUT2D eigenvalue weighted by Gasteiger charge is -2.35. The monoisotopic (exact) mass is 318 g/mol. The summed E-state index contributed by atoms with van der Waals surface area (Å²) >= 11 is 0. The Morgan fingerprint density at radius 3 is 2.67 bits per heavy atom. The first-order valence-corrected chi connectivity index (χ1v) is 7.15. The molecule has 21 heavy (non-hydrogen) atoms. The fraction of sp³-hybridized carbons (Fsp3) is 0.600. The molecule has 2 rings (SSSR count). The quantitative estimate of drug-likeness (QED) is 0.842. The second-order valence-electron chi connectivity index (χ2n) is 5.06. The maximum Gasteiger partial charge on any atom is 0.131 e. The highest BCUT2D eigenvalue weighted by atomic mass is 35.5. The van der Waals surface area contributed by atoms with Crippen molar-refractivity contribution in [1.82, 2.24) is 10.2 Å². The average Bonchev–Trinajstić information content (AvgIpc) is 2.50. The van der Waals surface area contributed by atoms with Gasteiger partial charge in [-0.3, -0.25) is 4.90 Å². The van der Waals surface area contributed by atoms with E-state index in [9.17, 15) is 4.39 Å². The molecule has 1 fully saturated rings. The molecule has 120 valence electrons. The Balaban J connectivity index is 0.00000220. The third-order valence-electron chi connectivity index (χ3n) is 3.79. The number of ether oxygens (including phenoxy) is 1. The van der Waals surface area contributed by atoms with E-state index >= 15 is 0 Å². The number of rotatable bonds is 6. The molecule has 0 aromatic heterocycles. The Labute approximate surface area is 131 Å². The van der Waals surface area contributed by atoms with Crippen LogP contribution in [-0.2, 0) is 0 Å². The van der Waals surface area contributed by atoms with E-state index in [1.807, 2.05) is 0 Å². The lowest BCUT2D eigenvalue weighted by Crippen LogP contribution is -2.45. The molecule has 1 aliphatic rings. The molecular weight excluding hydrogens is 295 g/mol. The van der Waals surface area contributed by atoms with Gasteiger partial charge in [0.1, 0.15) is 11.6 Å². The summed E-state index contributed by atoms with van der Waals surface area (Å²) in [5.74, 6) is 0.304. The van der Waals surface area contributed by atoms with Gasteiger partial charge in [-0.2, -0.15) is 0 Å². The molecule has 1 atom stereocenters. The van der Waals surface area contributed by atoms with Gasteiger partial charge in [0.05, 0.1) is 7.11 Å². The molecule has 4 nitrogen and oxygen atoms in total. The Morgan fingerprint density at radius 1 is 1.38 bits per heavy atom. The summed E-state index contributed by atoms with van der Waals surface area (Å²) in [5.41, 5.74) is 0.696. The molecule has 2 N–H and O–H groups in total. The number of nitrogens with zero attached hydrogens (tertiary/aromatic N) is 1. The number of halogens is 2. The highest BCUT2D eigenvalue weighted by Crippen LogP contribution is 2.30. The third-order valence-corrected chi connectivity index (χ3v) is 3.79. The van der Waals surface area contributed by atoms with Crippen molar-refractivity contribution in [3.63, 3.8) is 0 Å². The minimum absolute atomic E-state index is 0. The molecule has 0 aliphatic carbocycles.